The van der Waals surface area contributed by atoms with Crippen LogP contribution < -0.4 is 11.1 Å². The molecular formula is C11H20N4O2S. The zero-order valence-corrected chi connectivity index (χ0v) is 11.7. The van der Waals surface area contributed by atoms with Crippen LogP contribution in [0, 0.1) is 0 Å². The third-order valence-electron chi connectivity index (χ3n) is 2.59. The molecule has 0 fully saturated rings. The van der Waals surface area contributed by atoms with E-state index < -0.39 is 16.8 Å². The number of aromatic nitrogens is 2. The van der Waals surface area contributed by atoms with Crippen LogP contribution in [-0.4, -0.2) is 37.9 Å². The molecule has 3 N–H and O–H groups in total. The number of carbonyl (C=O) groups excluding carboxylic acids is 1. The van der Waals surface area contributed by atoms with Crippen LogP contribution in [0.5, 0.6) is 0 Å². The van der Waals surface area contributed by atoms with Crippen molar-refractivity contribution in [2.45, 2.75) is 25.4 Å². The first-order valence-corrected chi connectivity index (χ1v) is 7.47. The van der Waals surface area contributed by atoms with Gasteiger partial charge >= 0.3 is 0 Å². The van der Waals surface area contributed by atoms with E-state index >= 15 is 0 Å². The highest BCUT2D eigenvalue weighted by Crippen LogP contribution is 2.09. The predicted molar refractivity (Wildman–Crippen MR) is 71.3 cm³/mol. The van der Waals surface area contributed by atoms with Gasteiger partial charge in [0.15, 0.2) is 0 Å². The van der Waals surface area contributed by atoms with Crippen LogP contribution in [0.1, 0.15) is 24.9 Å². The molecule has 7 heteroatoms. The molecule has 3 unspecified atom stereocenters. The number of amides is 1. The first-order valence-electron chi connectivity index (χ1n) is 5.74. The number of hydrogen-bond acceptors (Lipinski definition) is 4. The maximum absolute atomic E-state index is 11.9. The summed E-state index contributed by atoms with van der Waals surface area (Å²) < 4.78 is 12.6. The van der Waals surface area contributed by atoms with Crippen molar-refractivity contribution < 1.29 is 9.00 Å². The molecule has 3 atom stereocenters. The quantitative estimate of drug-likeness (QED) is 0.743. The number of rotatable bonds is 6. The number of nitrogens with zero attached hydrogens (tertiary/aromatic N) is 2. The summed E-state index contributed by atoms with van der Waals surface area (Å²) in [5, 5.41) is 6.78. The van der Waals surface area contributed by atoms with Crippen molar-refractivity contribution in [1.82, 2.24) is 15.1 Å². The summed E-state index contributed by atoms with van der Waals surface area (Å²) in [5.41, 5.74) is 6.51. The molecule has 1 rings (SSSR count). The second kappa shape index (κ2) is 6.65. The van der Waals surface area contributed by atoms with Gasteiger partial charge in [0.25, 0.3) is 0 Å². The minimum atomic E-state index is -0.840. The average molecular weight is 272 g/mol. The largest absolute Gasteiger partial charge is 0.352 e. The molecule has 0 saturated heterocycles. The van der Waals surface area contributed by atoms with Crippen molar-refractivity contribution >= 4 is 16.7 Å². The Balaban J connectivity index is 2.47. The van der Waals surface area contributed by atoms with E-state index in [0.717, 1.165) is 0 Å². The van der Waals surface area contributed by atoms with E-state index in [0.29, 0.717) is 17.7 Å². The molecule has 0 aromatic carbocycles. The van der Waals surface area contributed by atoms with E-state index in [1.807, 2.05) is 6.92 Å². The van der Waals surface area contributed by atoms with E-state index in [1.54, 1.807) is 30.4 Å². The van der Waals surface area contributed by atoms with E-state index in [4.69, 9.17) is 5.73 Å². The zero-order valence-electron chi connectivity index (χ0n) is 10.9. The molecule has 1 heterocycles. The van der Waals surface area contributed by atoms with Crippen molar-refractivity contribution in [2.24, 2.45) is 12.8 Å². The Kier molecular flexibility index (Phi) is 5.49. The molecule has 0 radical (unpaired) electrons. The lowest BCUT2D eigenvalue weighted by Gasteiger charge is -2.16. The smallest absolute Gasteiger partial charge is 0.241 e. The first kappa shape index (κ1) is 14.8. The number of hydrogen-bond donors (Lipinski definition) is 2. The van der Waals surface area contributed by atoms with Crippen molar-refractivity contribution in [3.63, 3.8) is 0 Å². The Morgan fingerprint density at radius 2 is 2.33 bits per heavy atom. The maximum atomic E-state index is 11.9. The molecule has 0 saturated carbocycles. The summed E-state index contributed by atoms with van der Waals surface area (Å²) in [6.45, 7) is 1.88. The normalized spacial score (nSPS) is 16.0. The van der Waals surface area contributed by atoms with Crippen molar-refractivity contribution in [1.29, 1.82) is 0 Å². The Morgan fingerprint density at radius 3 is 2.83 bits per heavy atom. The van der Waals surface area contributed by atoms with E-state index in [-0.39, 0.29) is 11.9 Å². The molecule has 18 heavy (non-hydrogen) atoms. The van der Waals surface area contributed by atoms with Crippen LogP contribution >= 0.6 is 0 Å². The van der Waals surface area contributed by atoms with Gasteiger partial charge in [-0.05, 0) is 13.3 Å². The first-order chi connectivity index (χ1) is 8.40. The zero-order chi connectivity index (χ0) is 13.7. The van der Waals surface area contributed by atoms with E-state index in [1.165, 1.54) is 0 Å². The number of carbonyl (C=O) groups is 1. The summed E-state index contributed by atoms with van der Waals surface area (Å²) in [6, 6.07) is -0.752. The molecule has 0 spiro atoms. The van der Waals surface area contributed by atoms with Crippen molar-refractivity contribution in [3.05, 3.63) is 18.0 Å². The van der Waals surface area contributed by atoms with Crippen LogP contribution in [0.15, 0.2) is 12.4 Å². The Hall–Kier alpha value is -1.21. The molecular weight excluding hydrogens is 252 g/mol. The molecule has 0 aliphatic heterocycles. The monoisotopic (exact) mass is 272 g/mol. The van der Waals surface area contributed by atoms with Crippen LogP contribution in [0.4, 0.5) is 0 Å². The lowest BCUT2D eigenvalue weighted by atomic mass is 10.1. The Morgan fingerprint density at radius 1 is 1.67 bits per heavy atom. The van der Waals surface area contributed by atoms with Gasteiger partial charge in [0.05, 0.1) is 6.20 Å². The van der Waals surface area contributed by atoms with Crippen molar-refractivity contribution in [3.8, 4) is 0 Å². The molecule has 0 bridgehead atoms. The molecule has 102 valence electrons. The van der Waals surface area contributed by atoms with Gasteiger partial charge in [0, 0.05) is 47.7 Å². The number of aryl methyl sites for hydroxylation is 1. The van der Waals surface area contributed by atoms with Gasteiger partial charge in [-0.25, -0.2) is 0 Å². The summed E-state index contributed by atoms with van der Waals surface area (Å²) in [6.07, 6.45) is 5.62. The van der Waals surface area contributed by atoms with Gasteiger partial charge < -0.3 is 11.1 Å². The van der Waals surface area contributed by atoms with Crippen LogP contribution in [0.3, 0.4) is 0 Å². The van der Waals surface area contributed by atoms with Crippen LogP contribution in [0.2, 0.25) is 0 Å². The fourth-order valence-corrected chi connectivity index (χ4v) is 2.19. The molecule has 1 amide bonds. The molecule has 6 nitrogen and oxygen atoms in total. The topological polar surface area (TPSA) is 90.0 Å². The van der Waals surface area contributed by atoms with Crippen molar-refractivity contribution in [2.75, 3.05) is 12.0 Å². The predicted octanol–water partition coefficient (Wildman–Crippen LogP) is -0.307. The average Bonchev–Trinajstić information content (AvgIpc) is 2.72. The highest BCUT2D eigenvalue weighted by atomic mass is 32.2. The standard InChI is InChI=1S/C11H20N4O2S/c1-8(4-5-18(3)17)14-11(16)10(12)9-6-13-15(2)7-9/h6-8,10H,4-5,12H2,1-3H3,(H,14,16). The lowest BCUT2D eigenvalue weighted by molar-refractivity contribution is -0.123. The third kappa shape index (κ3) is 4.58. The van der Waals surface area contributed by atoms with Gasteiger partial charge in [0.2, 0.25) is 5.91 Å². The molecule has 0 aliphatic carbocycles. The van der Waals surface area contributed by atoms with Crippen LogP contribution in [0.25, 0.3) is 0 Å². The third-order valence-corrected chi connectivity index (χ3v) is 3.40. The lowest BCUT2D eigenvalue weighted by Crippen LogP contribution is -2.39. The summed E-state index contributed by atoms with van der Waals surface area (Å²) in [4.78, 5) is 11.9. The second-order valence-electron chi connectivity index (χ2n) is 4.40. The van der Waals surface area contributed by atoms with Gasteiger partial charge in [-0.2, -0.15) is 5.10 Å². The fraction of sp³-hybridized carbons (Fsp3) is 0.636. The SMILES string of the molecule is CC(CCS(C)=O)NC(=O)C(N)c1cnn(C)c1. The van der Waals surface area contributed by atoms with E-state index in [2.05, 4.69) is 10.4 Å². The maximum Gasteiger partial charge on any atom is 0.241 e. The number of nitrogens with one attached hydrogen (secondary N) is 1. The molecule has 1 aromatic heterocycles. The summed E-state index contributed by atoms with van der Waals surface area (Å²) in [7, 11) is 0.931. The Labute approximate surface area is 109 Å². The fourth-order valence-electron chi connectivity index (χ4n) is 1.50. The minimum absolute atomic E-state index is 0.0379. The molecule has 1 aromatic rings. The van der Waals surface area contributed by atoms with Gasteiger partial charge in [-0.15, -0.1) is 0 Å². The van der Waals surface area contributed by atoms with E-state index in [9.17, 15) is 9.00 Å². The number of nitrogens with two attached hydrogens (primary N) is 1. The molecule has 0 aliphatic rings. The van der Waals surface area contributed by atoms with Gasteiger partial charge in [-0.1, -0.05) is 0 Å². The highest BCUT2D eigenvalue weighted by Gasteiger charge is 2.18. The van der Waals surface area contributed by atoms with Gasteiger partial charge in [0.1, 0.15) is 6.04 Å². The van der Waals surface area contributed by atoms with Gasteiger partial charge in [-0.3, -0.25) is 13.7 Å². The second-order valence-corrected chi connectivity index (χ2v) is 5.96. The highest BCUT2D eigenvalue weighted by molar-refractivity contribution is 7.84. The summed E-state index contributed by atoms with van der Waals surface area (Å²) in [5.74, 6) is 0.334. The Bertz CT molecular complexity index is 432. The summed E-state index contributed by atoms with van der Waals surface area (Å²) >= 11 is 0. The minimum Gasteiger partial charge on any atom is -0.352 e. The van der Waals surface area contributed by atoms with Crippen LogP contribution in [-0.2, 0) is 22.6 Å².